The van der Waals surface area contributed by atoms with Crippen molar-refractivity contribution in [3.63, 3.8) is 0 Å². The van der Waals surface area contributed by atoms with E-state index in [1.165, 1.54) is 41.5 Å². The molecule has 1 aromatic carbocycles. The van der Waals surface area contributed by atoms with E-state index in [2.05, 4.69) is 36.8 Å². The summed E-state index contributed by atoms with van der Waals surface area (Å²) < 4.78 is 2.28. The fourth-order valence-electron chi connectivity index (χ4n) is 5.24. The number of nitrogens with zero attached hydrogens (tertiary/aromatic N) is 4. The molecule has 1 saturated carbocycles. The molecule has 9 heteroatoms. The van der Waals surface area contributed by atoms with Crippen LogP contribution in [0.4, 0.5) is 5.69 Å². The summed E-state index contributed by atoms with van der Waals surface area (Å²) in [4.78, 5) is 21.7. The molecule has 2 aromatic heterocycles. The molecule has 0 saturated heterocycles. The summed E-state index contributed by atoms with van der Waals surface area (Å²) in [6.07, 6.45) is 7.81. The minimum Gasteiger partial charge on any atom is -0.332 e. The van der Waals surface area contributed by atoms with Gasteiger partial charge in [-0.25, -0.2) is 4.98 Å². The van der Waals surface area contributed by atoms with Crippen LogP contribution in [-0.2, 0) is 0 Å². The number of aromatic nitrogens is 3. The van der Waals surface area contributed by atoms with Crippen molar-refractivity contribution in [2.24, 2.45) is 11.3 Å². The van der Waals surface area contributed by atoms with Crippen LogP contribution in [0.25, 0.3) is 10.5 Å². The monoisotopic (exact) mass is 546 g/mol. The molecule has 0 N–H and O–H groups in total. The first-order valence-electron chi connectivity index (χ1n) is 12.1. The van der Waals surface area contributed by atoms with Gasteiger partial charge in [-0.15, -0.1) is 5.10 Å². The Morgan fingerprint density at radius 1 is 1.20 bits per heavy atom. The van der Waals surface area contributed by atoms with Crippen LogP contribution in [0.3, 0.4) is 0 Å². The van der Waals surface area contributed by atoms with Gasteiger partial charge in [-0.1, -0.05) is 111 Å². The molecule has 1 fully saturated rings. The molecule has 0 bridgehead atoms. The largest absolute Gasteiger partial charge is 0.332 e. The molecule has 2 atom stereocenters. The molecule has 0 spiro atoms. The Balaban J connectivity index is 1.51. The second-order valence-corrected chi connectivity index (χ2v) is 12.3. The topological polar surface area (TPSA) is 50.5 Å². The number of hydrogen-bond acceptors (Lipinski definition) is 5. The van der Waals surface area contributed by atoms with Crippen LogP contribution >= 0.6 is 46.8 Å². The van der Waals surface area contributed by atoms with E-state index >= 15 is 0 Å². The standard InChI is InChI=1S/C26H28Cl2N4OS2/c1-4-5-6-7-10-13-31-17-12-9-8-11-15(17)19(24(31)34)21-23(33)32-25(35-21)29-22(30-32)20-16(14-18(27)28)26(20,2)3/h8-9,11-12,14,16,20H,4-7,10,13H2,1-3H3/b21-19-/t16-,20+/m1/s1. The van der Waals surface area contributed by atoms with Crippen molar-refractivity contribution in [2.45, 2.75) is 58.8 Å². The highest BCUT2D eigenvalue weighted by Gasteiger charge is 2.59. The average molecular weight is 548 g/mol. The van der Waals surface area contributed by atoms with Crippen LogP contribution in [-0.4, -0.2) is 26.1 Å². The molecule has 3 heterocycles. The van der Waals surface area contributed by atoms with Crippen molar-refractivity contribution in [2.75, 3.05) is 11.4 Å². The van der Waals surface area contributed by atoms with Gasteiger partial charge in [0.2, 0.25) is 4.96 Å². The van der Waals surface area contributed by atoms with Gasteiger partial charge >= 0.3 is 0 Å². The van der Waals surface area contributed by atoms with Gasteiger partial charge in [0.1, 0.15) is 14.0 Å². The minimum atomic E-state index is -0.165. The van der Waals surface area contributed by atoms with Gasteiger partial charge in [-0.05, 0) is 29.9 Å². The van der Waals surface area contributed by atoms with Crippen LogP contribution < -0.4 is 15.0 Å². The molecule has 35 heavy (non-hydrogen) atoms. The van der Waals surface area contributed by atoms with Crippen molar-refractivity contribution in [1.82, 2.24) is 14.6 Å². The van der Waals surface area contributed by atoms with Crippen molar-refractivity contribution < 1.29 is 0 Å². The number of thiocarbonyl (C=S) groups is 1. The highest BCUT2D eigenvalue weighted by Crippen LogP contribution is 2.64. The van der Waals surface area contributed by atoms with Gasteiger partial charge in [0, 0.05) is 29.3 Å². The van der Waals surface area contributed by atoms with Crippen molar-refractivity contribution in [3.8, 4) is 0 Å². The number of fused-ring (bicyclic) bond motifs is 2. The number of halogens is 2. The number of thiazole rings is 1. The molecule has 1 aliphatic carbocycles. The summed E-state index contributed by atoms with van der Waals surface area (Å²) in [7, 11) is 0. The lowest BCUT2D eigenvalue weighted by Gasteiger charge is -2.19. The van der Waals surface area contributed by atoms with E-state index in [1.54, 1.807) is 0 Å². The molecule has 0 amide bonds. The van der Waals surface area contributed by atoms with Crippen molar-refractivity contribution in [1.29, 1.82) is 0 Å². The maximum Gasteiger partial charge on any atom is 0.291 e. The zero-order valence-corrected chi connectivity index (χ0v) is 23.2. The summed E-state index contributed by atoms with van der Waals surface area (Å²) in [5.74, 6) is 0.886. The number of benzene rings is 1. The summed E-state index contributed by atoms with van der Waals surface area (Å²) in [6.45, 7) is 7.35. The quantitative estimate of drug-likeness (QED) is 0.247. The Labute approximate surface area is 224 Å². The van der Waals surface area contributed by atoms with E-state index in [0.29, 0.717) is 20.3 Å². The molecular weight excluding hydrogens is 519 g/mol. The third-order valence-corrected chi connectivity index (χ3v) is 9.01. The van der Waals surface area contributed by atoms with Crippen molar-refractivity contribution >= 4 is 68.0 Å². The zero-order chi connectivity index (χ0) is 24.9. The average Bonchev–Trinajstić information content (AvgIpc) is 3.13. The first-order valence-corrected chi connectivity index (χ1v) is 14.1. The Morgan fingerprint density at radius 2 is 1.94 bits per heavy atom. The predicted molar refractivity (Wildman–Crippen MR) is 150 cm³/mol. The summed E-state index contributed by atoms with van der Waals surface area (Å²) >= 11 is 19.1. The van der Waals surface area contributed by atoms with E-state index in [9.17, 15) is 4.79 Å². The van der Waals surface area contributed by atoms with Gasteiger partial charge in [-0.3, -0.25) is 4.79 Å². The number of anilines is 1. The molecule has 5 rings (SSSR count). The van der Waals surface area contributed by atoms with Crippen molar-refractivity contribution in [3.05, 3.63) is 61.1 Å². The Kier molecular flexibility index (Phi) is 6.81. The van der Waals surface area contributed by atoms with Gasteiger partial charge in [0.05, 0.1) is 0 Å². The molecule has 2 aliphatic rings. The number of hydrogen-bond donors (Lipinski definition) is 0. The number of para-hydroxylation sites is 1. The van der Waals surface area contributed by atoms with E-state index in [0.717, 1.165) is 29.8 Å². The van der Waals surface area contributed by atoms with Gasteiger partial charge in [0.15, 0.2) is 5.82 Å². The highest BCUT2D eigenvalue weighted by molar-refractivity contribution is 7.81. The normalized spacial score (nSPS) is 22.1. The summed E-state index contributed by atoms with van der Waals surface area (Å²) in [6, 6.07) is 8.16. The summed E-state index contributed by atoms with van der Waals surface area (Å²) in [5.41, 5.74) is 2.69. The van der Waals surface area contributed by atoms with Crippen LogP contribution in [0.15, 0.2) is 39.6 Å². The van der Waals surface area contributed by atoms with E-state index in [4.69, 9.17) is 40.4 Å². The zero-order valence-electron chi connectivity index (χ0n) is 20.1. The minimum absolute atomic E-state index is 0.0592. The number of unbranched alkanes of at least 4 members (excludes halogenated alkanes) is 4. The van der Waals surface area contributed by atoms with Gasteiger partial charge in [-0.2, -0.15) is 4.52 Å². The van der Waals surface area contributed by atoms with Crippen LogP contribution in [0.2, 0.25) is 0 Å². The van der Waals surface area contributed by atoms with E-state index in [1.807, 2.05) is 24.3 Å². The molecule has 5 nitrogen and oxygen atoms in total. The molecule has 184 valence electrons. The molecule has 1 aliphatic heterocycles. The fraction of sp³-hybridized carbons (Fsp3) is 0.462. The van der Waals surface area contributed by atoms with Crippen LogP contribution in [0.1, 0.15) is 70.2 Å². The Morgan fingerprint density at radius 3 is 2.66 bits per heavy atom. The maximum absolute atomic E-state index is 13.5. The lowest BCUT2D eigenvalue weighted by molar-refractivity contribution is 0.585. The Hall–Kier alpha value is -1.80. The van der Waals surface area contributed by atoms with Gasteiger partial charge in [0.25, 0.3) is 5.56 Å². The van der Waals surface area contributed by atoms with E-state index in [-0.39, 0.29) is 27.3 Å². The third-order valence-electron chi connectivity index (χ3n) is 7.30. The predicted octanol–water partition coefficient (Wildman–Crippen LogP) is 6.25. The summed E-state index contributed by atoms with van der Waals surface area (Å²) in [5, 5.41) is 4.62. The number of allylic oxidation sites excluding steroid dienone is 1. The first kappa shape index (κ1) is 24.9. The fourth-order valence-corrected chi connectivity index (χ4v) is 7.00. The highest BCUT2D eigenvalue weighted by atomic mass is 35.5. The second kappa shape index (κ2) is 9.58. The Bertz CT molecular complexity index is 1440. The SMILES string of the molecule is CCCCCCCN1C(=S)/C(=c2\sc3nc([C@@H]4[C@@H](C=C(Cl)Cl)C4(C)C)nn3c2=O)c2ccccc21. The molecule has 0 unspecified atom stereocenters. The molecule has 3 aromatic rings. The van der Waals surface area contributed by atoms with Gasteiger partial charge < -0.3 is 4.90 Å². The smallest absolute Gasteiger partial charge is 0.291 e. The third kappa shape index (κ3) is 4.35. The van der Waals surface area contributed by atoms with Crippen LogP contribution in [0.5, 0.6) is 0 Å². The number of rotatable bonds is 8. The van der Waals surface area contributed by atoms with E-state index < -0.39 is 0 Å². The van der Waals surface area contributed by atoms with Crippen LogP contribution in [0, 0.1) is 11.3 Å². The molecular formula is C26H28Cl2N4OS2. The lowest BCUT2D eigenvalue weighted by Crippen LogP contribution is -2.32. The lowest BCUT2D eigenvalue weighted by atomic mass is 10.1. The molecule has 0 radical (unpaired) electrons. The maximum atomic E-state index is 13.5. The first-order chi connectivity index (χ1) is 16.8. The second-order valence-electron chi connectivity index (χ2n) is 9.95.